The average molecular weight is 463 g/mol. The number of hydrogen-bond donors (Lipinski definition) is 1. The first kappa shape index (κ1) is 23.8. The molecule has 0 fully saturated rings. The minimum Gasteiger partial charge on any atom is -0.484 e. The van der Waals surface area contributed by atoms with Crippen molar-refractivity contribution in [2.45, 2.75) is 0 Å². The second-order valence-electron chi connectivity index (χ2n) is 7.36. The Morgan fingerprint density at radius 1 is 0.970 bits per heavy atom. The zero-order chi connectivity index (χ0) is 23.8. The van der Waals surface area contributed by atoms with Gasteiger partial charge in [-0.1, -0.05) is 54.1 Å². The molecule has 0 radical (unpaired) electrons. The molecule has 6 nitrogen and oxygen atoms in total. The smallest absolute Gasteiger partial charge is 0.259 e. The van der Waals surface area contributed by atoms with E-state index in [1.54, 1.807) is 86.9 Å². The van der Waals surface area contributed by atoms with Crippen LogP contribution >= 0.6 is 11.6 Å². The number of nitrogens with one attached hydrogen (secondary N) is 1. The number of anilines is 1. The van der Waals surface area contributed by atoms with Crippen molar-refractivity contribution in [3.8, 4) is 5.75 Å². The minimum atomic E-state index is -0.317. The van der Waals surface area contributed by atoms with Gasteiger partial charge in [-0.15, -0.1) is 0 Å². The van der Waals surface area contributed by atoms with Gasteiger partial charge in [-0.3, -0.25) is 14.4 Å². The molecule has 0 aromatic heterocycles. The van der Waals surface area contributed by atoms with Crippen molar-refractivity contribution in [3.63, 3.8) is 0 Å². The fourth-order valence-corrected chi connectivity index (χ4v) is 3.07. The van der Waals surface area contributed by atoms with E-state index in [1.165, 1.54) is 11.0 Å². The number of rotatable bonds is 8. The lowest BCUT2D eigenvalue weighted by Crippen LogP contribution is -2.27. The molecule has 7 heteroatoms. The van der Waals surface area contributed by atoms with Crippen LogP contribution in [0.1, 0.15) is 26.3 Å². The van der Waals surface area contributed by atoms with E-state index in [-0.39, 0.29) is 24.2 Å². The van der Waals surface area contributed by atoms with E-state index in [4.69, 9.17) is 16.3 Å². The Hall–Kier alpha value is -3.90. The van der Waals surface area contributed by atoms with E-state index < -0.39 is 0 Å². The molecule has 0 bridgehead atoms. The van der Waals surface area contributed by atoms with Crippen molar-refractivity contribution in [1.29, 1.82) is 0 Å². The molecule has 0 saturated carbocycles. The number of hydrogen-bond acceptors (Lipinski definition) is 4. The van der Waals surface area contributed by atoms with Crippen LogP contribution in [0.25, 0.3) is 6.08 Å². The summed E-state index contributed by atoms with van der Waals surface area (Å²) in [5.74, 6) is -0.269. The lowest BCUT2D eigenvalue weighted by atomic mass is 10.1. The lowest BCUT2D eigenvalue weighted by molar-refractivity contribution is -0.130. The van der Waals surface area contributed by atoms with Crippen LogP contribution in [0.5, 0.6) is 5.75 Å². The summed E-state index contributed by atoms with van der Waals surface area (Å²) in [7, 11) is 3.29. The van der Waals surface area contributed by atoms with Gasteiger partial charge in [-0.25, -0.2) is 0 Å². The lowest BCUT2D eigenvalue weighted by Gasteiger charge is -2.11. The average Bonchev–Trinajstić information content (AvgIpc) is 2.81. The molecule has 3 aromatic rings. The first-order chi connectivity index (χ1) is 15.8. The maximum atomic E-state index is 12.6. The number of ether oxygens (including phenoxy) is 1. The van der Waals surface area contributed by atoms with Gasteiger partial charge in [0, 0.05) is 25.3 Å². The summed E-state index contributed by atoms with van der Waals surface area (Å²) in [5, 5.41) is 3.18. The highest BCUT2D eigenvalue weighted by molar-refractivity contribution is 6.34. The minimum absolute atomic E-state index is 0.104. The summed E-state index contributed by atoms with van der Waals surface area (Å²) in [4.78, 5) is 38.2. The predicted octanol–water partition coefficient (Wildman–Crippen LogP) is 4.96. The number of likely N-dealkylation sites (N-methyl/N-ethyl adjacent to an activating group) is 1. The van der Waals surface area contributed by atoms with Crippen LogP contribution < -0.4 is 10.1 Å². The molecule has 0 unspecified atom stereocenters. The number of halogens is 1. The maximum absolute atomic E-state index is 12.6. The van der Waals surface area contributed by atoms with Crippen LogP contribution in [0.4, 0.5) is 5.69 Å². The normalized spacial score (nSPS) is 10.6. The highest BCUT2D eigenvalue weighted by atomic mass is 35.5. The van der Waals surface area contributed by atoms with E-state index in [1.807, 2.05) is 6.07 Å². The Kier molecular flexibility index (Phi) is 8.00. The van der Waals surface area contributed by atoms with Gasteiger partial charge >= 0.3 is 0 Å². The molecular formula is C26H23ClN2O4. The van der Waals surface area contributed by atoms with Crippen molar-refractivity contribution in [3.05, 3.63) is 101 Å². The monoisotopic (exact) mass is 462 g/mol. The Balaban J connectivity index is 1.66. The molecule has 0 atom stereocenters. The van der Waals surface area contributed by atoms with E-state index in [0.717, 1.165) is 5.56 Å². The van der Waals surface area contributed by atoms with Gasteiger partial charge in [0.25, 0.3) is 11.8 Å². The molecule has 33 heavy (non-hydrogen) atoms. The Labute approximate surface area is 197 Å². The Morgan fingerprint density at radius 2 is 1.73 bits per heavy atom. The Bertz CT molecular complexity index is 1200. The highest BCUT2D eigenvalue weighted by Gasteiger charge is 2.10. The van der Waals surface area contributed by atoms with Crippen LogP contribution in [-0.2, 0) is 4.79 Å². The number of amides is 2. The number of carbonyl (C=O) groups excluding carboxylic acids is 3. The van der Waals surface area contributed by atoms with Gasteiger partial charge < -0.3 is 15.0 Å². The third-order valence-electron chi connectivity index (χ3n) is 4.67. The summed E-state index contributed by atoms with van der Waals surface area (Å²) in [5.41, 5.74) is 2.13. The standard InChI is InChI=1S/C26H23ClN2O4/c1-29(2)25(31)17-33-21-10-6-8-19(16-21)24(30)14-13-18-7-5-9-20(15-18)28-26(32)22-11-3-4-12-23(22)27/h3-16H,17H2,1-2H3,(H,28,32)/b14-13+. The largest absolute Gasteiger partial charge is 0.484 e. The molecular weight excluding hydrogens is 440 g/mol. The van der Waals surface area contributed by atoms with E-state index in [2.05, 4.69) is 5.32 Å². The van der Waals surface area contributed by atoms with Gasteiger partial charge in [0.2, 0.25) is 0 Å². The molecule has 3 aromatic carbocycles. The number of nitrogens with zero attached hydrogens (tertiary/aromatic N) is 1. The van der Waals surface area contributed by atoms with E-state index >= 15 is 0 Å². The van der Waals surface area contributed by atoms with Gasteiger partial charge in [-0.2, -0.15) is 0 Å². The maximum Gasteiger partial charge on any atom is 0.259 e. The molecule has 0 aliphatic carbocycles. The molecule has 0 aliphatic heterocycles. The number of ketones is 1. The molecule has 3 rings (SSSR count). The van der Waals surface area contributed by atoms with Crippen LogP contribution in [-0.4, -0.2) is 43.2 Å². The summed E-state index contributed by atoms with van der Waals surface area (Å²) in [6.07, 6.45) is 3.11. The van der Waals surface area contributed by atoms with Crippen LogP contribution in [0.3, 0.4) is 0 Å². The van der Waals surface area contributed by atoms with Crippen molar-refractivity contribution in [2.75, 3.05) is 26.0 Å². The third kappa shape index (κ3) is 6.79. The van der Waals surface area contributed by atoms with Crippen LogP contribution in [0.15, 0.2) is 78.9 Å². The van der Waals surface area contributed by atoms with E-state index in [0.29, 0.717) is 27.6 Å². The van der Waals surface area contributed by atoms with Crippen molar-refractivity contribution >= 4 is 41.0 Å². The van der Waals surface area contributed by atoms with Crippen LogP contribution in [0, 0.1) is 0 Å². The predicted molar refractivity (Wildman–Crippen MR) is 130 cm³/mol. The summed E-state index contributed by atoms with van der Waals surface area (Å²) < 4.78 is 5.46. The van der Waals surface area contributed by atoms with Gasteiger partial charge in [-0.05, 0) is 48.0 Å². The first-order valence-electron chi connectivity index (χ1n) is 10.1. The SMILES string of the molecule is CN(C)C(=O)COc1cccc(C(=O)/C=C/c2cccc(NC(=O)c3ccccc3Cl)c2)c1. The number of carbonyl (C=O) groups is 3. The fourth-order valence-electron chi connectivity index (χ4n) is 2.85. The quantitative estimate of drug-likeness (QED) is 0.379. The van der Waals surface area contributed by atoms with Crippen LogP contribution in [0.2, 0.25) is 5.02 Å². The highest BCUT2D eigenvalue weighted by Crippen LogP contribution is 2.19. The van der Waals surface area contributed by atoms with Gasteiger partial charge in [0.05, 0.1) is 10.6 Å². The molecule has 0 heterocycles. The zero-order valence-electron chi connectivity index (χ0n) is 18.2. The number of benzene rings is 3. The summed E-state index contributed by atoms with van der Waals surface area (Å²) >= 11 is 6.08. The fraction of sp³-hybridized carbons (Fsp3) is 0.115. The summed E-state index contributed by atoms with van der Waals surface area (Å²) in [6, 6.07) is 20.6. The second-order valence-corrected chi connectivity index (χ2v) is 7.77. The van der Waals surface area contributed by atoms with Gasteiger partial charge in [0.15, 0.2) is 12.4 Å². The van der Waals surface area contributed by atoms with Gasteiger partial charge in [0.1, 0.15) is 5.75 Å². The third-order valence-corrected chi connectivity index (χ3v) is 5.00. The van der Waals surface area contributed by atoms with Crippen molar-refractivity contribution in [1.82, 2.24) is 4.90 Å². The molecule has 168 valence electrons. The van der Waals surface area contributed by atoms with E-state index in [9.17, 15) is 14.4 Å². The molecule has 0 spiro atoms. The first-order valence-corrected chi connectivity index (χ1v) is 10.5. The number of allylic oxidation sites excluding steroid dienone is 1. The molecule has 0 saturated heterocycles. The topological polar surface area (TPSA) is 75.7 Å². The Morgan fingerprint density at radius 3 is 2.48 bits per heavy atom. The molecule has 1 N–H and O–H groups in total. The second kappa shape index (κ2) is 11.1. The zero-order valence-corrected chi connectivity index (χ0v) is 19.0. The van der Waals surface area contributed by atoms with Crippen molar-refractivity contribution in [2.24, 2.45) is 0 Å². The summed E-state index contributed by atoms with van der Waals surface area (Å²) in [6.45, 7) is -0.104. The molecule has 0 aliphatic rings. The van der Waals surface area contributed by atoms with Crippen molar-refractivity contribution < 1.29 is 19.1 Å². The molecule has 2 amide bonds.